The number of para-hydroxylation sites is 1. The molecule has 0 unspecified atom stereocenters. The molecular formula is C19H21N3O4S. The third kappa shape index (κ3) is 3.63. The van der Waals surface area contributed by atoms with Crippen molar-refractivity contribution in [3.63, 3.8) is 0 Å². The zero-order valence-corrected chi connectivity index (χ0v) is 15.8. The molecule has 1 N–H and O–H groups in total. The number of anilines is 1. The zero-order chi connectivity index (χ0) is 19.0. The van der Waals surface area contributed by atoms with Crippen molar-refractivity contribution in [2.24, 2.45) is 0 Å². The standard InChI is InChI=1S/C19H21N3O4S/c1-14-5-7-15(8-6-14)13-27(24,25)22-11-9-21(10-12-22)17-4-2-3-16-18(17)26-19(23)20-16/h2-8H,9-13H2,1H3,(H,20,23). The van der Waals surface area contributed by atoms with Crippen LogP contribution in [0.4, 0.5) is 5.69 Å². The number of piperazine rings is 1. The third-order valence-corrected chi connectivity index (χ3v) is 6.72. The van der Waals surface area contributed by atoms with Gasteiger partial charge in [0, 0.05) is 26.2 Å². The van der Waals surface area contributed by atoms with Gasteiger partial charge in [0.2, 0.25) is 10.0 Å². The fourth-order valence-electron chi connectivity index (χ4n) is 3.40. The van der Waals surface area contributed by atoms with Crippen LogP contribution in [-0.4, -0.2) is 43.9 Å². The van der Waals surface area contributed by atoms with E-state index in [2.05, 4.69) is 9.88 Å². The summed E-state index contributed by atoms with van der Waals surface area (Å²) in [5.74, 6) is -0.480. The number of aryl methyl sites for hydroxylation is 1. The topological polar surface area (TPSA) is 86.6 Å². The number of H-pyrrole nitrogens is 1. The molecule has 1 fully saturated rings. The van der Waals surface area contributed by atoms with Crippen LogP contribution in [0.3, 0.4) is 0 Å². The molecule has 1 aliphatic rings. The lowest BCUT2D eigenvalue weighted by molar-refractivity contribution is 0.384. The fraction of sp³-hybridized carbons (Fsp3) is 0.316. The highest BCUT2D eigenvalue weighted by Crippen LogP contribution is 2.26. The van der Waals surface area contributed by atoms with E-state index >= 15 is 0 Å². The van der Waals surface area contributed by atoms with Crippen molar-refractivity contribution in [3.05, 3.63) is 64.1 Å². The summed E-state index contributed by atoms with van der Waals surface area (Å²) in [6.45, 7) is 3.87. The van der Waals surface area contributed by atoms with E-state index in [1.807, 2.05) is 43.3 Å². The van der Waals surface area contributed by atoms with E-state index in [4.69, 9.17) is 4.42 Å². The quantitative estimate of drug-likeness (QED) is 0.741. The average Bonchev–Trinajstić information content (AvgIpc) is 3.04. The summed E-state index contributed by atoms with van der Waals surface area (Å²) in [5, 5.41) is 0. The molecule has 0 atom stereocenters. The Hall–Kier alpha value is -2.58. The Morgan fingerprint density at radius 2 is 1.74 bits per heavy atom. The van der Waals surface area contributed by atoms with Crippen molar-refractivity contribution in [2.75, 3.05) is 31.1 Å². The van der Waals surface area contributed by atoms with Crippen molar-refractivity contribution in [2.45, 2.75) is 12.7 Å². The number of nitrogens with one attached hydrogen (secondary N) is 1. The van der Waals surface area contributed by atoms with Crippen molar-refractivity contribution >= 4 is 26.8 Å². The van der Waals surface area contributed by atoms with E-state index in [0.29, 0.717) is 37.3 Å². The molecule has 3 aromatic rings. The Morgan fingerprint density at radius 1 is 1.04 bits per heavy atom. The summed E-state index contributed by atoms with van der Waals surface area (Å²) in [6, 6.07) is 13.1. The Morgan fingerprint density at radius 3 is 2.44 bits per heavy atom. The van der Waals surface area contributed by atoms with Crippen molar-refractivity contribution < 1.29 is 12.8 Å². The number of sulfonamides is 1. The predicted octanol–water partition coefficient (Wildman–Crippen LogP) is 2.08. The molecule has 1 saturated heterocycles. The van der Waals surface area contributed by atoms with E-state index in [0.717, 1.165) is 16.8 Å². The second kappa shape index (κ2) is 6.86. The number of hydrogen-bond acceptors (Lipinski definition) is 5. The van der Waals surface area contributed by atoms with Crippen LogP contribution in [0.15, 0.2) is 51.7 Å². The minimum absolute atomic E-state index is 0.00947. The predicted molar refractivity (Wildman–Crippen MR) is 104 cm³/mol. The van der Waals surface area contributed by atoms with Crippen LogP contribution >= 0.6 is 0 Å². The van der Waals surface area contributed by atoms with E-state index < -0.39 is 15.8 Å². The molecule has 27 heavy (non-hydrogen) atoms. The van der Waals surface area contributed by atoms with E-state index in [9.17, 15) is 13.2 Å². The Bertz CT molecular complexity index is 1110. The first-order valence-corrected chi connectivity index (χ1v) is 10.4. The second-order valence-electron chi connectivity index (χ2n) is 6.80. The van der Waals surface area contributed by atoms with Gasteiger partial charge in [-0.1, -0.05) is 35.9 Å². The Kier molecular flexibility index (Phi) is 4.53. The lowest BCUT2D eigenvalue weighted by Gasteiger charge is -2.35. The highest BCUT2D eigenvalue weighted by molar-refractivity contribution is 7.88. The minimum atomic E-state index is -3.37. The van der Waals surface area contributed by atoms with Gasteiger partial charge in [0.1, 0.15) is 0 Å². The molecule has 0 spiro atoms. The van der Waals surface area contributed by atoms with Crippen LogP contribution in [0.25, 0.3) is 11.1 Å². The van der Waals surface area contributed by atoms with Gasteiger partial charge in [-0.3, -0.25) is 4.98 Å². The number of aromatic nitrogens is 1. The average molecular weight is 387 g/mol. The highest BCUT2D eigenvalue weighted by atomic mass is 32.2. The summed E-state index contributed by atoms with van der Waals surface area (Å²) in [4.78, 5) is 16.2. The summed E-state index contributed by atoms with van der Waals surface area (Å²) in [7, 11) is -3.37. The van der Waals surface area contributed by atoms with Gasteiger partial charge < -0.3 is 9.32 Å². The van der Waals surface area contributed by atoms with Crippen molar-refractivity contribution in [1.29, 1.82) is 0 Å². The number of aromatic amines is 1. The maximum atomic E-state index is 12.7. The molecule has 2 aromatic carbocycles. The lowest BCUT2D eigenvalue weighted by Crippen LogP contribution is -2.49. The molecule has 4 rings (SSSR count). The first-order chi connectivity index (χ1) is 12.9. The molecule has 0 saturated carbocycles. The van der Waals surface area contributed by atoms with Gasteiger partial charge in [-0.2, -0.15) is 4.31 Å². The van der Waals surface area contributed by atoms with Crippen LogP contribution in [0.5, 0.6) is 0 Å². The number of oxazole rings is 1. The number of nitrogens with zero attached hydrogens (tertiary/aromatic N) is 2. The van der Waals surface area contributed by atoms with Crippen LogP contribution in [0, 0.1) is 6.92 Å². The first kappa shape index (κ1) is 17.8. The molecule has 1 aliphatic heterocycles. The normalized spacial score (nSPS) is 16.1. The lowest BCUT2D eigenvalue weighted by atomic mass is 10.2. The minimum Gasteiger partial charge on any atom is -0.406 e. The van der Waals surface area contributed by atoms with Crippen molar-refractivity contribution in [1.82, 2.24) is 9.29 Å². The maximum Gasteiger partial charge on any atom is 0.417 e. The molecule has 8 heteroatoms. The largest absolute Gasteiger partial charge is 0.417 e. The Labute approximate surface area is 157 Å². The molecule has 0 amide bonds. The van der Waals surface area contributed by atoms with E-state index in [1.165, 1.54) is 4.31 Å². The van der Waals surface area contributed by atoms with Crippen LogP contribution in [0.2, 0.25) is 0 Å². The zero-order valence-electron chi connectivity index (χ0n) is 15.0. The molecular weight excluding hydrogens is 366 g/mol. The van der Waals surface area contributed by atoms with E-state index in [-0.39, 0.29) is 5.75 Å². The van der Waals surface area contributed by atoms with Crippen LogP contribution < -0.4 is 10.7 Å². The first-order valence-electron chi connectivity index (χ1n) is 8.82. The van der Waals surface area contributed by atoms with E-state index in [1.54, 1.807) is 6.07 Å². The Balaban J connectivity index is 1.48. The maximum absolute atomic E-state index is 12.7. The number of rotatable bonds is 4. The van der Waals surface area contributed by atoms with Crippen molar-refractivity contribution in [3.8, 4) is 0 Å². The van der Waals surface area contributed by atoms with Gasteiger partial charge in [-0.25, -0.2) is 13.2 Å². The number of hydrogen-bond donors (Lipinski definition) is 1. The van der Waals surface area contributed by atoms with Crippen LogP contribution in [-0.2, 0) is 15.8 Å². The third-order valence-electron chi connectivity index (χ3n) is 4.87. The molecule has 7 nitrogen and oxygen atoms in total. The fourth-order valence-corrected chi connectivity index (χ4v) is 4.92. The van der Waals surface area contributed by atoms with Gasteiger partial charge in [-0.15, -0.1) is 0 Å². The molecule has 2 heterocycles. The van der Waals surface area contributed by atoms with Gasteiger partial charge in [0.05, 0.1) is 17.0 Å². The highest BCUT2D eigenvalue weighted by Gasteiger charge is 2.28. The molecule has 1 aromatic heterocycles. The summed E-state index contributed by atoms with van der Waals surface area (Å²) >= 11 is 0. The number of fused-ring (bicyclic) bond motifs is 1. The molecule has 142 valence electrons. The smallest absolute Gasteiger partial charge is 0.406 e. The van der Waals surface area contributed by atoms with Gasteiger partial charge in [0.25, 0.3) is 0 Å². The number of benzene rings is 2. The summed E-state index contributed by atoms with van der Waals surface area (Å²) in [6.07, 6.45) is 0. The molecule has 0 bridgehead atoms. The summed E-state index contributed by atoms with van der Waals surface area (Å²) < 4.78 is 32.3. The second-order valence-corrected chi connectivity index (χ2v) is 8.77. The van der Waals surface area contributed by atoms with Gasteiger partial charge in [-0.05, 0) is 24.6 Å². The molecule has 0 radical (unpaired) electrons. The molecule has 0 aliphatic carbocycles. The summed E-state index contributed by atoms with van der Waals surface area (Å²) in [5.41, 5.74) is 3.86. The van der Waals surface area contributed by atoms with Gasteiger partial charge >= 0.3 is 5.76 Å². The van der Waals surface area contributed by atoms with Crippen LogP contribution in [0.1, 0.15) is 11.1 Å². The monoisotopic (exact) mass is 387 g/mol. The SMILES string of the molecule is Cc1ccc(CS(=O)(=O)N2CCN(c3cccc4[nH]c(=O)oc34)CC2)cc1. The van der Waals surface area contributed by atoms with Gasteiger partial charge in [0.15, 0.2) is 5.58 Å².